The lowest BCUT2D eigenvalue weighted by Gasteiger charge is -2.25. The number of fused-ring (bicyclic) bond motifs is 1. The monoisotopic (exact) mass is 737 g/mol. The third-order valence-electron chi connectivity index (χ3n) is 10.5. The number of methoxy groups -OCH3 is 1. The van der Waals surface area contributed by atoms with E-state index in [2.05, 4.69) is 186 Å². The quantitative estimate of drug-likeness (QED) is 0.137. The van der Waals surface area contributed by atoms with Crippen LogP contribution in [-0.2, 0) is 0 Å². The lowest BCUT2D eigenvalue weighted by atomic mass is 9.37. The summed E-state index contributed by atoms with van der Waals surface area (Å²) in [4.78, 5) is 3.60. The summed E-state index contributed by atoms with van der Waals surface area (Å²) >= 11 is 3.86. The summed E-state index contributed by atoms with van der Waals surface area (Å²) in [5.41, 5.74) is 18.0. The van der Waals surface area contributed by atoms with Gasteiger partial charge in [0.1, 0.15) is 5.75 Å². The van der Waals surface area contributed by atoms with Crippen LogP contribution in [0.2, 0.25) is 0 Å². The molecule has 0 atom stereocenters. The first kappa shape index (κ1) is 35.7. The number of nitrogens with zero attached hydrogens (tertiary/aromatic N) is 1. The van der Waals surface area contributed by atoms with Gasteiger partial charge in [-0.05, 0) is 112 Å². The molecule has 0 aliphatic heterocycles. The average molecular weight is 738 g/mol. The van der Waals surface area contributed by atoms with Gasteiger partial charge in [-0.25, -0.2) is 0 Å². The van der Waals surface area contributed by atoms with Crippen LogP contribution in [0, 0.1) is 41.5 Å². The maximum atomic E-state index is 5.59. The third kappa shape index (κ3) is 6.68. The van der Waals surface area contributed by atoms with Crippen molar-refractivity contribution >= 4 is 71.6 Å². The molecule has 0 amide bonds. The molecule has 0 saturated carbocycles. The van der Waals surface area contributed by atoms with E-state index >= 15 is 0 Å². The van der Waals surface area contributed by atoms with E-state index in [0.717, 1.165) is 22.8 Å². The highest BCUT2D eigenvalue weighted by Crippen LogP contribution is 2.47. The van der Waals surface area contributed by atoms with Crippen LogP contribution in [0.4, 0.5) is 17.1 Å². The largest absolute Gasteiger partial charge is 0.497 e. The molecule has 0 spiro atoms. The molecular weight excluding hydrogens is 693 g/mol. The van der Waals surface area contributed by atoms with Crippen molar-refractivity contribution in [1.29, 1.82) is 0 Å². The Hall–Kier alpha value is -5.36. The molecule has 8 rings (SSSR count). The average Bonchev–Trinajstić information content (AvgIpc) is 3.73. The summed E-state index contributed by atoms with van der Waals surface area (Å²) in [5.74, 6) is 0.862. The molecule has 0 N–H and O–H groups in total. The first-order valence-electron chi connectivity index (χ1n) is 18.6. The summed E-state index contributed by atoms with van der Waals surface area (Å²) in [6.45, 7) is 13.7. The number of ether oxygens (including phenoxy) is 1. The van der Waals surface area contributed by atoms with Gasteiger partial charge in [0, 0.05) is 32.2 Å². The van der Waals surface area contributed by atoms with Gasteiger partial charge < -0.3 is 9.64 Å². The Morgan fingerprint density at radius 1 is 0.500 bits per heavy atom. The highest BCUT2D eigenvalue weighted by molar-refractivity contribution is 7.37. The van der Waals surface area contributed by atoms with E-state index in [1.54, 1.807) is 7.11 Å². The predicted molar refractivity (Wildman–Crippen MR) is 238 cm³/mol. The molecule has 0 aliphatic carbocycles. The zero-order valence-corrected chi connectivity index (χ0v) is 33.7. The number of hydrogen-bond acceptors (Lipinski definition) is 4. The maximum Gasteiger partial charge on any atom is 0.255 e. The lowest BCUT2D eigenvalue weighted by Crippen LogP contribution is -2.54. The van der Waals surface area contributed by atoms with Crippen LogP contribution in [0.25, 0.3) is 31.0 Å². The zero-order chi connectivity index (χ0) is 37.5. The molecule has 6 aromatic carbocycles. The Morgan fingerprint density at radius 3 is 1.44 bits per heavy atom. The summed E-state index contributed by atoms with van der Waals surface area (Å²) in [5, 5.41) is 0. The standard InChI is InChI=1S/C49H44BNOS2/c1-31-26-33(3)46(34(4)27-31)50(47-35(5)28-32(2)29-36(47)6)44-30-43-49(54-44)45(37-20-24-42(52-7)25-21-37)48(53-43)38-18-22-41(23-19-38)51(39-14-10-8-11-15-39)40-16-12-9-13-17-40/h8-30H,1-7H3. The molecular formula is C49H44BNOS2. The van der Waals surface area contributed by atoms with Crippen LogP contribution < -0.4 is 25.3 Å². The number of aryl methyl sites for hydroxylation is 6. The number of anilines is 3. The number of benzene rings is 6. The van der Waals surface area contributed by atoms with E-state index in [9.17, 15) is 0 Å². The molecule has 0 radical (unpaired) electrons. The van der Waals surface area contributed by atoms with Crippen molar-refractivity contribution in [1.82, 2.24) is 0 Å². The summed E-state index contributed by atoms with van der Waals surface area (Å²) in [6.07, 6.45) is 0. The van der Waals surface area contributed by atoms with Gasteiger partial charge in [0.25, 0.3) is 6.71 Å². The van der Waals surface area contributed by atoms with Crippen molar-refractivity contribution in [2.24, 2.45) is 0 Å². The van der Waals surface area contributed by atoms with Gasteiger partial charge in [0.05, 0.1) is 11.8 Å². The molecule has 5 heteroatoms. The third-order valence-corrected chi connectivity index (χ3v) is 13.0. The predicted octanol–water partition coefficient (Wildman–Crippen LogP) is 12.1. The second-order valence-corrected chi connectivity index (χ2v) is 16.6. The van der Waals surface area contributed by atoms with Crippen LogP contribution in [0.1, 0.15) is 33.4 Å². The van der Waals surface area contributed by atoms with Gasteiger partial charge in [-0.2, -0.15) is 0 Å². The molecule has 0 aliphatic rings. The summed E-state index contributed by atoms with van der Waals surface area (Å²) in [7, 11) is 1.73. The van der Waals surface area contributed by atoms with Crippen molar-refractivity contribution in [3.63, 3.8) is 0 Å². The van der Waals surface area contributed by atoms with Crippen molar-refractivity contribution in [2.45, 2.75) is 41.5 Å². The molecule has 266 valence electrons. The van der Waals surface area contributed by atoms with E-state index in [1.807, 2.05) is 22.7 Å². The van der Waals surface area contributed by atoms with Crippen LogP contribution in [0.5, 0.6) is 5.75 Å². The van der Waals surface area contributed by atoms with Gasteiger partial charge >= 0.3 is 0 Å². The van der Waals surface area contributed by atoms with Gasteiger partial charge in [-0.15, -0.1) is 22.7 Å². The molecule has 2 heterocycles. The Morgan fingerprint density at radius 2 is 0.963 bits per heavy atom. The first-order valence-corrected chi connectivity index (χ1v) is 20.2. The topological polar surface area (TPSA) is 12.5 Å². The molecule has 0 fully saturated rings. The van der Waals surface area contributed by atoms with Crippen LogP contribution in [-0.4, -0.2) is 13.8 Å². The normalized spacial score (nSPS) is 11.2. The van der Waals surface area contributed by atoms with E-state index in [0.29, 0.717) is 0 Å². The minimum absolute atomic E-state index is 0.143. The van der Waals surface area contributed by atoms with Crippen LogP contribution >= 0.6 is 22.7 Å². The first-order chi connectivity index (χ1) is 26.2. The van der Waals surface area contributed by atoms with E-state index < -0.39 is 0 Å². The van der Waals surface area contributed by atoms with E-state index in [-0.39, 0.29) is 6.71 Å². The maximum absolute atomic E-state index is 5.59. The summed E-state index contributed by atoms with van der Waals surface area (Å²) in [6, 6.07) is 50.8. The lowest BCUT2D eigenvalue weighted by molar-refractivity contribution is 0.415. The van der Waals surface area contributed by atoms with Crippen LogP contribution in [0.15, 0.2) is 140 Å². The number of hydrogen-bond donors (Lipinski definition) is 0. The van der Waals surface area contributed by atoms with Gasteiger partial charge in [0.2, 0.25) is 0 Å². The number of thiophene rings is 2. The van der Waals surface area contributed by atoms with E-state index in [1.165, 1.54) is 80.1 Å². The van der Waals surface area contributed by atoms with Gasteiger partial charge in [-0.1, -0.05) is 129 Å². The fraction of sp³-hybridized carbons (Fsp3) is 0.143. The zero-order valence-electron chi connectivity index (χ0n) is 32.0. The molecule has 0 unspecified atom stereocenters. The molecule has 2 aromatic heterocycles. The summed E-state index contributed by atoms with van der Waals surface area (Å²) < 4.78 is 9.64. The Kier molecular flexibility index (Phi) is 9.79. The Labute approximate surface area is 328 Å². The minimum Gasteiger partial charge on any atom is -0.497 e. The van der Waals surface area contributed by atoms with Crippen molar-refractivity contribution in [2.75, 3.05) is 12.0 Å². The smallest absolute Gasteiger partial charge is 0.255 e. The van der Waals surface area contributed by atoms with Gasteiger partial charge in [0.15, 0.2) is 0 Å². The second kappa shape index (κ2) is 14.8. The van der Waals surface area contributed by atoms with Crippen molar-refractivity contribution in [3.8, 4) is 27.3 Å². The fourth-order valence-electron chi connectivity index (χ4n) is 8.36. The Bertz CT molecular complexity index is 2440. The fourth-order valence-corrected chi connectivity index (χ4v) is 11.2. The Balaban J connectivity index is 1.30. The highest BCUT2D eigenvalue weighted by Gasteiger charge is 2.31. The van der Waals surface area contributed by atoms with Crippen molar-refractivity contribution < 1.29 is 4.74 Å². The highest BCUT2D eigenvalue weighted by atomic mass is 32.1. The SMILES string of the molecule is COc1ccc(-c2c(-c3ccc(N(c4ccccc4)c4ccccc4)cc3)sc3cc(B(c4c(C)cc(C)cc4C)c4c(C)cc(C)cc4C)sc23)cc1. The molecule has 54 heavy (non-hydrogen) atoms. The van der Waals surface area contributed by atoms with Crippen LogP contribution in [0.3, 0.4) is 0 Å². The van der Waals surface area contributed by atoms with E-state index in [4.69, 9.17) is 4.74 Å². The second-order valence-electron chi connectivity index (χ2n) is 14.5. The molecule has 0 bridgehead atoms. The number of rotatable bonds is 9. The molecule has 2 nitrogen and oxygen atoms in total. The molecule has 0 saturated heterocycles. The van der Waals surface area contributed by atoms with Crippen molar-refractivity contribution in [3.05, 3.63) is 173 Å². The minimum atomic E-state index is 0.143. The molecule has 8 aromatic rings. The number of para-hydroxylation sites is 2. The van der Waals surface area contributed by atoms with Gasteiger partial charge in [-0.3, -0.25) is 0 Å².